The Morgan fingerprint density at radius 1 is 1.55 bits per heavy atom. The van der Waals surface area contributed by atoms with Gasteiger partial charge in [0.25, 0.3) is 5.91 Å². The molecule has 20 heavy (non-hydrogen) atoms. The Labute approximate surface area is 122 Å². The first-order valence-electron chi connectivity index (χ1n) is 6.77. The SMILES string of the molecule is C=CCCNC(=O)c1sc(N2CCC(N)CC2)nc1N. The number of nitrogens with two attached hydrogens (primary N) is 2. The lowest BCUT2D eigenvalue weighted by molar-refractivity contribution is 0.0959. The smallest absolute Gasteiger partial charge is 0.265 e. The van der Waals surface area contributed by atoms with E-state index in [-0.39, 0.29) is 11.9 Å². The molecule has 1 fully saturated rings. The highest BCUT2D eigenvalue weighted by molar-refractivity contribution is 7.18. The zero-order valence-corrected chi connectivity index (χ0v) is 12.3. The van der Waals surface area contributed by atoms with Crippen molar-refractivity contribution in [3.8, 4) is 0 Å². The van der Waals surface area contributed by atoms with E-state index < -0.39 is 0 Å². The number of anilines is 2. The molecule has 0 radical (unpaired) electrons. The minimum atomic E-state index is -0.165. The average molecular weight is 295 g/mol. The summed E-state index contributed by atoms with van der Waals surface area (Å²) < 4.78 is 0. The molecule has 6 nitrogen and oxygen atoms in total. The second-order valence-corrected chi connectivity index (χ2v) is 5.85. The van der Waals surface area contributed by atoms with Gasteiger partial charge in [0.1, 0.15) is 10.7 Å². The van der Waals surface area contributed by atoms with Crippen LogP contribution in [-0.4, -0.2) is 36.6 Å². The van der Waals surface area contributed by atoms with E-state index in [0.29, 0.717) is 17.2 Å². The summed E-state index contributed by atoms with van der Waals surface area (Å²) in [5.41, 5.74) is 11.7. The summed E-state index contributed by atoms with van der Waals surface area (Å²) in [6.45, 7) is 5.91. The molecule has 1 amide bonds. The average Bonchev–Trinajstić information content (AvgIpc) is 2.82. The molecule has 0 atom stereocenters. The van der Waals surface area contributed by atoms with Gasteiger partial charge in [0.15, 0.2) is 5.13 Å². The van der Waals surface area contributed by atoms with E-state index in [4.69, 9.17) is 11.5 Å². The molecule has 0 spiro atoms. The monoisotopic (exact) mass is 295 g/mol. The maximum absolute atomic E-state index is 12.0. The van der Waals surface area contributed by atoms with Crippen molar-refractivity contribution in [3.05, 3.63) is 17.5 Å². The molecule has 0 saturated carbocycles. The molecule has 0 bridgehead atoms. The highest BCUT2D eigenvalue weighted by Crippen LogP contribution is 2.29. The predicted octanol–water partition coefficient (Wildman–Crippen LogP) is 0.959. The van der Waals surface area contributed by atoms with Crippen LogP contribution in [-0.2, 0) is 0 Å². The maximum Gasteiger partial charge on any atom is 0.265 e. The van der Waals surface area contributed by atoms with Crippen molar-refractivity contribution >= 4 is 28.2 Å². The number of hydrogen-bond acceptors (Lipinski definition) is 6. The van der Waals surface area contributed by atoms with Gasteiger partial charge in [-0.15, -0.1) is 6.58 Å². The first-order valence-corrected chi connectivity index (χ1v) is 7.59. The third kappa shape index (κ3) is 3.49. The molecule has 7 heteroatoms. The largest absolute Gasteiger partial charge is 0.382 e. The maximum atomic E-state index is 12.0. The quantitative estimate of drug-likeness (QED) is 0.555. The second kappa shape index (κ2) is 6.71. The molecular weight excluding hydrogens is 274 g/mol. The summed E-state index contributed by atoms with van der Waals surface area (Å²) in [5, 5.41) is 3.61. The van der Waals surface area contributed by atoms with Crippen LogP contribution in [0.3, 0.4) is 0 Å². The van der Waals surface area contributed by atoms with Gasteiger partial charge in [-0.1, -0.05) is 17.4 Å². The van der Waals surface area contributed by atoms with Crippen molar-refractivity contribution in [1.29, 1.82) is 0 Å². The Hall–Kier alpha value is -1.60. The lowest BCUT2D eigenvalue weighted by atomic mass is 10.1. The highest BCUT2D eigenvalue weighted by atomic mass is 32.1. The number of carbonyl (C=O) groups is 1. The molecule has 1 aromatic rings. The van der Waals surface area contributed by atoms with E-state index in [1.54, 1.807) is 6.08 Å². The number of hydrogen-bond donors (Lipinski definition) is 3. The fraction of sp³-hybridized carbons (Fsp3) is 0.538. The van der Waals surface area contributed by atoms with E-state index in [1.807, 2.05) is 0 Å². The van der Waals surface area contributed by atoms with Crippen molar-refractivity contribution in [2.75, 3.05) is 30.3 Å². The van der Waals surface area contributed by atoms with Crippen LogP contribution in [0.2, 0.25) is 0 Å². The van der Waals surface area contributed by atoms with Gasteiger partial charge in [-0.25, -0.2) is 4.98 Å². The third-order valence-corrected chi connectivity index (χ3v) is 4.42. The Bertz CT molecular complexity index is 479. The number of thiazole rings is 1. The first-order chi connectivity index (χ1) is 9.61. The molecule has 1 saturated heterocycles. The van der Waals surface area contributed by atoms with Gasteiger partial charge in [0.2, 0.25) is 0 Å². The van der Waals surface area contributed by atoms with Crippen molar-refractivity contribution in [3.63, 3.8) is 0 Å². The van der Waals surface area contributed by atoms with E-state index in [0.717, 1.165) is 37.5 Å². The standard InChI is InChI=1S/C13H21N5OS/c1-2-3-6-16-12(19)10-11(15)17-13(20-10)18-7-4-9(14)5-8-18/h2,9H,1,3-8,14-15H2,(H,16,19). The van der Waals surface area contributed by atoms with Gasteiger partial charge in [-0.3, -0.25) is 4.79 Å². The number of amides is 1. The van der Waals surface area contributed by atoms with Gasteiger partial charge >= 0.3 is 0 Å². The first kappa shape index (κ1) is 14.8. The normalized spacial score (nSPS) is 16.1. The summed E-state index contributed by atoms with van der Waals surface area (Å²) in [6.07, 6.45) is 4.39. The van der Waals surface area contributed by atoms with Crippen molar-refractivity contribution in [1.82, 2.24) is 10.3 Å². The molecule has 2 heterocycles. The summed E-state index contributed by atoms with van der Waals surface area (Å²) in [4.78, 5) is 18.9. The van der Waals surface area contributed by atoms with Crippen LogP contribution in [0, 0.1) is 0 Å². The number of nitrogen functional groups attached to an aromatic ring is 1. The van der Waals surface area contributed by atoms with Crippen LogP contribution in [0.4, 0.5) is 10.9 Å². The second-order valence-electron chi connectivity index (χ2n) is 4.87. The Morgan fingerprint density at radius 2 is 2.25 bits per heavy atom. The van der Waals surface area contributed by atoms with Crippen LogP contribution in [0.25, 0.3) is 0 Å². The fourth-order valence-corrected chi connectivity index (χ4v) is 3.03. The summed E-state index contributed by atoms with van der Waals surface area (Å²) in [5.74, 6) is 0.137. The summed E-state index contributed by atoms with van der Waals surface area (Å²) in [7, 11) is 0. The number of nitrogens with one attached hydrogen (secondary N) is 1. The third-order valence-electron chi connectivity index (χ3n) is 3.29. The predicted molar refractivity (Wildman–Crippen MR) is 83.1 cm³/mol. The van der Waals surface area contributed by atoms with Gasteiger partial charge < -0.3 is 21.7 Å². The van der Waals surface area contributed by atoms with Crippen molar-refractivity contribution in [2.45, 2.75) is 25.3 Å². The van der Waals surface area contributed by atoms with E-state index in [2.05, 4.69) is 21.8 Å². The Balaban J connectivity index is 2.01. The van der Waals surface area contributed by atoms with Crippen LogP contribution in [0.1, 0.15) is 28.9 Å². The molecule has 2 rings (SSSR count). The molecular formula is C13H21N5OS. The molecule has 1 aliphatic heterocycles. The number of rotatable bonds is 5. The van der Waals surface area contributed by atoms with Crippen LogP contribution in [0.15, 0.2) is 12.7 Å². The molecule has 1 aliphatic rings. The molecule has 0 aromatic carbocycles. The van der Waals surface area contributed by atoms with E-state index in [1.165, 1.54) is 11.3 Å². The van der Waals surface area contributed by atoms with Crippen LogP contribution in [0.5, 0.6) is 0 Å². The molecule has 5 N–H and O–H groups in total. The Morgan fingerprint density at radius 3 is 2.90 bits per heavy atom. The molecule has 0 unspecified atom stereocenters. The fourth-order valence-electron chi connectivity index (χ4n) is 2.08. The van der Waals surface area contributed by atoms with Crippen LogP contribution < -0.4 is 21.7 Å². The lowest BCUT2D eigenvalue weighted by Crippen LogP contribution is -2.39. The zero-order chi connectivity index (χ0) is 14.5. The van der Waals surface area contributed by atoms with Crippen LogP contribution >= 0.6 is 11.3 Å². The topological polar surface area (TPSA) is 97.3 Å². The number of piperidine rings is 1. The Kier molecular flexibility index (Phi) is 4.97. The molecule has 1 aromatic heterocycles. The van der Waals surface area contributed by atoms with Gasteiger partial charge in [-0.05, 0) is 19.3 Å². The molecule has 110 valence electrons. The van der Waals surface area contributed by atoms with Gasteiger partial charge in [-0.2, -0.15) is 0 Å². The number of carbonyl (C=O) groups excluding carboxylic acids is 1. The van der Waals surface area contributed by atoms with Gasteiger partial charge in [0, 0.05) is 25.7 Å². The highest BCUT2D eigenvalue weighted by Gasteiger charge is 2.22. The minimum absolute atomic E-state index is 0.165. The zero-order valence-electron chi connectivity index (χ0n) is 11.5. The summed E-state index contributed by atoms with van der Waals surface area (Å²) >= 11 is 1.34. The van der Waals surface area contributed by atoms with E-state index >= 15 is 0 Å². The van der Waals surface area contributed by atoms with Gasteiger partial charge in [0.05, 0.1) is 0 Å². The number of aromatic nitrogens is 1. The lowest BCUT2D eigenvalue weighted by Gasteiger charge is -2.29. The number of nitrogens with zero attached hydrogens (tertiary/aromatic N) is 2. The van der Waals surface area contributed by atoms with Crippen molar-refractivity contribution < 1.29 is 4.79 Å². The van der Waals surface area contributed by atoms with Crippen molar-refractivity contribution in [2.24, 2.45) is 5.73 Å². The summed E-state index contributed by atoms with van der Waals surface area (Å²) in [6, 6.07) is 0.269. The molecule has 0 aliphatic carbocycles. The minimum Gasteiger partial charge on any atom is -0.382 e. The van der Waals surface area contributed by atoms with E-state index in [9.17, 15) is 4.79 Å².